The summed E-state index contributed by atoms with van der Waals surface area (Å²) in [6.45, 7) is 0.926. The Morgan fingerprint density at radius 2 is 1.95 bits per heavy atom. The fraction of sp³-hybridized carbons (Fsp3) is 0.250. The molecule has 2 aromatic heterocycles. The molecular weight excluding hydrogens is 543 g/mol. The molecule has 7 nitrogen and oxygen atoms in total. The summed E-state index contributed by atoms with van der Waals surface area (Å²) in [5.74, 6) is -0.489. The Labute approximate surface area is 233 Å². The number of hydrogen-bond donors (Lipinski definition) is 2. The van der Waals surface area contributed by atoms with Gasteiger partial charge < -0.3 is 15.3 Å². The lowest BCUT2D eigenvalue weighted by atomic mass is 10.0. The summed E-state index contributed by atoms with van der Waals surface area (Å²) in [5, 5.41) is 19.6. The highest BCUT2D eigenvalue weighted by atomic mass is 35.5. The maximum atomic E-state index is 13.6. The summed E-state index contributed by atoms with van der Waals surface area (Å²) in [4.78, 5) is 29.7. The first-order chi connectivity index (χ1) is 18.4. The molecule has 2 aliphatic rings. The molecule has 0 radical (unpaired) electrons. The molecule has 2 N–H and O–H groups in total. The van der Waals surface area contributed by atoms with Crippen molar-refractivity contribution in [3.8, 4) is 11.3 Å². The Hall–Kier alpha value is -3.17. The van der Waals surface area contributed by atoms with Gasteiger partial charge in [-0.2, -0.15) is 5.10 Å². The number of thiophene rings is 1. The van der Waals surface area contributed by atoms with E-state index in [1.54, 1.807) is 42.6 Å². The van der Waals surface area contributed by atoms with E-state index in [4.69, 9.17) is 23.2 Å². The van der Waals surface area contributed by atoms with Crippen molar-refractivity contribution >= 4 is 46.4 Å². The summed E-state index contributed by atoms with van der Waals surface area (Å²) < 4.78 is 1.89. The summed E-state index contributed by atoms with van der Waals surface area (Å²) in [6, 6.07) is 15.8. The predicted octanol–water partition coefficient (Wildman–Crippen LogP) is 5.35. The average molecular weight is 567 g/mol. The van der Waals surface area contributed by atoms with Crippen LogP contribution in [0.4, 0.5) is 0 Å². The first-order valence-corrected chi connectivity index (χ1v) is 13.9. The van der Waals surface area contributed by atoms with Crippen LogP contribution in [-0.4, -0.2) is 44.2 Å². The van der Waals surface area contributed by atoms with E-state index in [9.17, 15) is 14.7 Å². The normalized spacial score (nSPS) is 17.0. The fourth-order valence-electron chi connectivity index (χ4n) is 5.21. The van der Waals surface area contributed by atoms with Crippen LogP contribution in [0.1, 0.15) is 48.7 Å². The second-order valence-electron chi connectivity index (χ2n) is 9.53. The van der Waals surface area contributed by atoms with Gasteiger partial charge in [-0.05, 0) is 49.1 Å². The average Bonchev–Trinajstić information content (AvgIpc) is 3.52. The van der Waals surface area contributed by atoms with Crippen molar-refractivity contribution in [2.24, 2.45) is 0 Å². The zero-order valence-electron chi connectivity index (χ0n) is 20.2. The van der Waals surface area contributed by atoms with Gasteiger partial charge in [0.2, 0.25) is 0 Å². The van der Waals surface area contributed by atoms with Crippen molar-refractivity contribution in [1.29, 1.82) is 0 Å². The predicted molar refractivity (Wildman–Crippen MR) is 148 cm³/mol. The maximum Gasteiger partial charge on any atom is 0.261 e. The van der Waals surface area contributed by atoms with Crippen molar-refractivity contribution in [3.63, 3.8) is 0 Å². The van der Waals surface area contributed by atoms with Crippen molar-refractivity contribution in [3.05, 3.63) is 97.3 Å². The number of nitrogens with one attached hydrogen (secondary N) is 1. The zero-order chi connectivity index (χ0) is 26.4. The quantitative estimate of drug-likeness (QED) is 0.329. The van der Waals surface area contributed by atoms with Crippen LogP contribution in [0, 0.1) is 0 Å². The number of amides is 2. The van der Waals surface area contributed by atoms with Crippen LogP contribution in [0.15, 0.2) is 60.8 Å². The molecule has 2 amide bonds. The van der Waals surface area contributed by atoms with Gasteiger partial charge in [0.15, 0.2) is 6.23 Å². The van der Waals surface area contributed by atoms with E-state index < -0.39 is 12.3 Å². The van der Waals surface area contributed by atoms with E-state index in [-0.39, 0.29) is 18.4 Å². The van der Waals surface area contributed by atoms with Gasteiger partial charge in [-0.3, -0.25) is 14.3 Å². The molecule has 10 heteroatoms. The molecule has 4 aromatic rings. The van der Waals surface area contributed by atoms with Gasteiger partial charge in [-0.1, -0.05) is 53.5 Å². The Morgan fingerprint density at radius 1 is 1.16 bits per heavy atom. The van der Waals surface area contributed by atoms with Gasteiger partial charge >= 0.3 is 0 Å². The lowest BCUT2D eigenvalue weighted by Gasteiger charge is -2.27. The number of rotatable bonds is 6. The SMILES string of the molecule is O=C(N[C@@H](Cc1ccc(Cl)cc1)CN1C(=O)c2ccccc2C1O)c1cc2c(s1)CCCn1ncc(Cl)c1-2. The second kappa shape index (κ2) is 10.2. The molecule has 4 heterocycles. The first kappa shape index (κ1) is 25.1. The molecule has 0 spiro atoms. The number of benzene rings is 2. The van der Waals surface area contributed by atoms with Crippen LogP contribution in [-0.2, 0) is 19.4 Å². The van der Waals surface area contributed by atoms with Crippen molar-refractivity contribution in [2.45, 2.75) is 38.1 Å². The topological polar surface area (TPSA) is 87.5 Å². The third kappa shape index (κ3) is 4.62. The standard InChI is InChI=1S/C28H24Cl2N4O3S/c29-17-9-7-16(8-10-17)12-18(15-33-27(36)19-4-1-2-5-20(19)28(33)37)32-26(35)24-13-21-23(38-24)6-3-11-34-25(21)22(30)14-31-34/h1-2,4-5,7-10,13-14,18,27,36H,3,6,11-12,15H2,(H,32,35)/t18-,27?/m0/s1. The largest absolute Gasteiger partial charge is 0.369 e. The van der Waals surface area contributed by atoms with Crippen molar-refractivity contribution in [2.75, 3.05) is 6.54 Å². The minimum atomic E-state index is -1.07. The Balaban J connectivity index is 1.27. The number of aryl methyl sites for hydroxylation is 2. The molecule has 0 fully saturated rings. The molecular formula is C28H24Cl2N4O3S. The van der Waals surface area contributed by atoms with E-state index in [0.29, 0.717) is 32.5 Å². The lowest BCUT2D eigenvalue weighted by molar-refractivity contribution is 0.0133. The summed E-state index contributed by atoms with van der Waals surface area (Å²) >= 11 is 14.0. The summed E-state index contributed by atoms with van der Waals surface area (Å²) in [6.07, 6.45) is 2.78. The Kier molecular flexibility index (Phi) is 6.74. The summed E-state index contributed by atoms with van der Waals surface area (Å²) in [7, 11) is 0. The first-order valence-electron chi connectivity index (χ1n) is 12.4. The van der Waals surface area contributed by atoms with Gasteiger partial charge in [-0.25, -0.2) is 0 Å². The molecule has 6 rings (SSSR count). The van der Waals surface area contributed by atoms with Crippen LogP contribution in [0.3, 0.4) is 0 Å². The number of fused-ring (bicyclic) bond motifs is 4. The van der Waals surface area contributed by atoms with Crippen molar-refractivity contribution in [1.82, 2.24) is 20.0 Å². The van der Waals surface area contributed by atoms with E-state index in [1.807, 2.05) is 22.9 Å². The fourth-order valence-corrected chi connectivity index (χ4v) is 6.68. The lowest BCUT2D eigenvalue weighted by Crippen LogP contribution is -2.46. The van der Waals surface area contributed by atoms with Gasteiger partial charge in [0.25, 0.3) is 11.8 Å². The molecule has 1 unspecified atom stereocenters. The number of aliphatic hydroxyl groups is 1. The number of aliphatic hydroxyl groups excluding tert-OH is 1. The van der Waals surface area contributed by atoms with E-state index in [2.05, 4.69) is 10.4 Å². The van der Waals surface area contributed by atoms with E-state index in [1.165, 1.54) is 16.2 Å². The van der Waals surface area contributed by atoms with Gasteiger partial charge in [0.1, 0.15) is 0 Å². The Bertz CT molecular complexity index is 1530. The smallest absolute Gasteiger partial charge is 0.261 e. The summed E-state index contributed by atoms with van der Waals surface area (Å²) in [5.41, 5.74) is 3.79. The molecule has 194 valence electrons. The molecule has 0 saturated heterocycles. The highest BCUT2D eigenvalue weighted by Crippen LogP contribution is 2.39. The number of aromatic nitrogens is 2. The van der Waals surface area contributed by atoms with Gasteiger partial charge in [-0.15, -0.1) is 11.3 Å². The molecule has 0 saturated carbocycles. The number of hydrogen-bond acceptors (Lipinski definition) is 5. The van der Waals surface area contributed by atoms with Gasteiger partial charge in [0, 0.05) is 39.7 Å². The highest BCUT2D eigenvalue weighted by Gasteiger charge is 2.37. The van der Waals surface area contributed by atoms with E-state index >= 15 is 0 Å². The number of halogens is 2. The third-order valence-electron chi connectivity index (χ3n) is 7.03. The molecule has 2 aliphatic heterocycles. The molecule has 2 atom stereocenters. The maximum absolute atomic E-state index is 13.6. The molecule has 0 aliphatic carbocycles. The van der Waals surface area contributed by atoms with Crippen LogP contribution >= 0.6 is 34.5 Å². The zero-order valence-corrected chi connectivity index (χ0v) is 22.6. The van der Waals surface area contributed by atoms with Crippen LogP contribution < -0.4 is 5.32 Å². The van der Waals surface area contributed by atoms with Gasteiger partial charge in [0.05, 0.1) is 27.8 Å². The number of carbonyl (C=O) groups excluding carboxylic acids is 2. The monoisotopic (exact) mass is 566 g/mol. The second-order valence-corrected chi connectivity index (χ2v) is 11.5. The van der Waals surface area contributed by atoms with Crippen LogP contribution in [0.25, 0.3) is 11.3 Å². The minimum absolute atomic E-state index is 0.146. The number of nitrogens with zero attached hydrogens (tertiary/aromatic N) is 3. The van der Waals surface area contributed by atoms with Crippen LogP contribution in [0.2, 0.25) is 10.0 Å². The Morgan fingerprint density at radius 3 is 2.74 bits per heavy atom. The van der Waals surface area contributed by atoms with Crippen molar-refractivity contribution < 1.29 is 14.7 Å². The highest BCUT2D eigenvalue weighted by molar-refractivity contribution is 7.14. The molecule has 38 heavy (non-hydrogen) atoms. The van der Waals surface area contributed by atoms with Crippen LogP contribution in [0.5, 0.6) is 0 Å². The molecule has 2 aromatic carbocycles. The third-order valence-corrected chi connectivity index (χ3v) is 8.75. The molecule has 0 bridgehead atoms. The number of carbonyl (C=O) groups is 2. The van der Waals surface area contributed by atoms with E-state index in [0.717, 1.165) is 41.1 Å². The minimum Gasteiger partial charge on any atom is -0.369 e.